The molecule has 128 valence electrons. The van der Waals surface area contributed by atoms with Crippen molar-refractivity contribution in [2.75, 3.05) is 0 Å². The first-order chi connectivity index (χ1) is 12.7. The van der Waals surface area contributed by atoms with Gasteiger partial charge in [0, 0.05) is 11.4 Å². The molecule has 0 aliphatic heterocycles. The summed E-state index contributed by atoms with van der Waals surface area (Å²) in [5, 5.41) is 1.49. The summed E-state index contributed by atoms with van der Waals surface area (Å²) < 4.78 is 15.5. The fourth-order valence-corrected chi connectivity index (χ4v) is 3.43. The second-order valence-electron chi connectivity index (χ2n) is 6.25. The summed E-state index contributed by atoms with van der Waals surface area (Å²) in [6.07, 6.45) is 0.740. The molecule has 0 spiro atoms. The van der Waals surface area contributed by atoms with E-state index >= 15 is 0 Å². The van der Waals surface area contributed by atoms with Gasteiger partial charge < -0.3 is 0 Å². The van der Waals surface area contributed by atoms with Crippen molar-refractivity contribution in [1.29, 1.82) is 0 Å². The van der Waals surface area contributed by atoms with Crippen molar-refractivity contribution in [2.24, 2.45) is 0 Å². The van der Waals surface area contributed by atoms with E-state index in [0.29, 0.717) is 10.9 Å². The van der Waals surface area contributed by atoms with Crippen LogP contribution in [0.25, 0.3) is 27.6 Å². The Labute approximate surface area is 151 Å². The Kier molecular flexibility index (Phi) is 4.13. The van der Waals surface area contributed by atoms with E-state index in [1.165, 1.54) is 12.1 Å². The zero-order chi connectivity index (χ0) is 18.1. The molecule has 2 nitrogen and oxygen atoms in total. The predicted molar refractivity (Wildman–Crippen MR) is 104 cm³/mol. The summed E-state index contributed by atoms with van der Waals surface area (Å²) in [5.74, 6) is -0.312. The lowest BCUT2D eigenvalue weighted by Crippen LogP contribution is -2.22. The van der Waals surface area contributed by atoms with Gasteiger partial charge in [-0.05, 0) is 53.3 Å². The first-order valence-electron chi connectivity index (χ1n) is 8.68. The number of hydrogen-bond donors (Lipinski definition) is 0. The van der Waals surface area contributed by atoms with Crippen LogP contribution < -0.4 is 5.56 Å². The molecule has 0 N–H and O–H groups in total. The van der Waals surface area contributed by atoms with Crippen LogP contribution in [-0.4, -0.2) is 4.57 Å². The van der Waals surface area contributed by atoms with Gasteiger partial charge in [-0.3, -0.25) is 9.36 Å². The molecule has 3 heteroatoms. The van der Waals surface area contributed by atoms with Gasteiger partial charge in [-0.1, -0.05) is 55.5 Å². The minimum absolute atomic E-state index is 0.0783. The molecule has 0 aliphatic carbocycles. The van der Waals surface area contributed by atoms with Crippen molar-refractivity contribution in [3.05, 3.63) is 101 Å². The van der Waals surface area contributed by atoms with E-state index in [-0.39, 0.29) is 11.4 Å². The van der Waals surface area contributed by atoms with Crippen LogP contribution in [0.1, 0.15) is 12.6 Å². The molecule has 0 saturated carbocycles. The van der Waals surface area contributed by atoms with Crippen LogP contribution in [0.5, 0.6) is 0 Å². The van der Waals surface area contributed by atoms with Crippen molar-refractivity contribution >= 4 is 10.8 Å². The minimum atomic E-state index is -0.312. The fourth-order valence-electron chi connectivity index (χ4n) is 3.43. The Balaban J connectivity index is 2.10. The fraction of sp³-hybridized carbons (Fsp3) is 0.0870. The summed E-state index contributed by atoms with van der Waals surface area (Å²) in [5.41, 5.74) is 3.16. The quantitative estimate of drug-likeness (QED) is 0.491. The van der Waals surface area contributed by atoms with Gasteiger partial charge in [-0.25, -0.2) is 4.39 Å². The van der Waals surface area contributed by atoms with E-state index in [9.17, 15) is 9.18 Å². The summed E-state index contributed by atoms with van der Waals surface area (Å²) in [6, 6.07) is 23.8. The largest absolute Gasteiger partial charge is 0.281 e. The van der Waals surface area contributed by atoms with E-state index in [1.54, 1.807) is 10.6 Å². The molecule has 0 bridgehead atoms. The number of benzene rings is 3. The molecule has 1 heterocycles. The molecule has 3 aromatic carbocycles. The number of rotatable bonds is 3. The summed E-state index contributed by atoms with van der Waals surface area (Å²) >= 11 is 0. The average Bonchev–Trinajstić information content (AvgIpc) is 2.68. The zero-order valence-electron chi connectivity index (χ0n) is 14.4. The van der Waals surface area contributed by atoms with Gasteiger partial charge in [0.2, 0.25) is 0 Å². The third kappa shape index (κ3) is 2.72. The maximum atomic E-state index is 13.7. The van der Waals surface area contributed by atoms with E-state index in [1.807, 2.05) is 67.6 Å². The van der Waals surface area contributed by atoms with Crippen LogP contribution in [0.3, 0.4) is 0 Å². The van der Waals surface area contributed by atoms with Crippen LogP contribution in [0.2, 0.25) is 0 Å². The molecule has 26 heavy (non-hydrogen) atoms. The SMILES string of the molecule is CCc1cc2cccc(-c3cccc(F)c3)c2c(=O)n1-c1ccccc1. The molecule has 1 aromatic heterocycles. The highest BCUT2D eigenvalue weighted by molar-refractivity contribution is 5.96. The lowest BCUT2D eigenvalue weighted by atomic mass is 9.98. The number of aromatic nitrogens is 1. The maximum Gasteiger partial charge on any atom is 0.263 e. The van der Waals surface area contributed by atoms with Gasteiger partial charge in [0.15, 0.2) is 0 Å². The molecule has 0 atom stereocenters. The molecule has 0 aliphatic rings. The first kappa shape index (κ1) is 16.3. The molecule has 4 rings (SSSR count). The third-order valence-electron chi connectivity index (χ3n) is 4.64. The molecular weight excluding hydrogens is 325 g/mol. The Morgan fingerprint density at radius 1 is 0.885 bits per heavy atom. The van der Waals surface area contributed by atoms with Gasteiger partial charge in [0.1, 0.15) is 5.82 Å². The van der Waals surface area contributed by atoms with Gasteiger partial charge >= 0.3 is 0 Å². The van der Waals surface area contributed by atoms with E-state index in [0.717, 1.165) is 28.8 Å². The minimum Gasteiger partial charge on any atom is -0.281 e. The highest BCUT2D eigenvalue weighted by Gasteiger charge is 2.14. The predicted octanol–water partition coefficient (Wildman–Crippen LogP) is 5.36. The Morgan fingerprint density at radius 2 is 1.65 bits per heavy atom. The van der Waals surface area contributed by atoms with Gasteiger partial charge in [-0.15, -0.1) is 0 Å². The molecular formula is C23H18FNO. The molecule has 0 amide bonds. The Morgan fingerprint density at radius 3 is 2.38 bits per heavy atom. The molecule has 0 saturated heterocycles. The standard InChI is InChI=1S/C23H18FNO/c1-2-19-15-17-9-7-13-21(16-8-6-10-18(24)14-16)22(17)23(26)25(19)20-11-4-3-5-12-20/h3-15H,2H2,1H3. The van der Waals surface area contributed by atoms with Crippen LogP contribution >= 0.6 is 0 Å². The van der Waals surface area contributed by atoms with Crippen molar-refractivity contribution in [3.8, 4) is 16.8 Å². The normalized spacial score (nSPS) is 11.0. The summed E-state index contributed by atoms with van der Waals surface area (Å²) in [7, 11) is 0. The molecule has 0 unspecified atom stereocenters. The van der Waals surface area contributed by atoms with Crippen LogP contribution in [0, 0.1) is 5.82 Å². The van der Waals surface area contributed by atoms with Gasteiger partial charge in [0.25, 0.3) is 5.56 Å². The Bertz CT molecular complexity index is 1150. The second kappa shape index (κ2) is 6.60. The Hall–Kier alpha value is -3.20. The van der Waals surface area contributed by atoms with Crippen LogP contribution in [0.15, 0.2) is 83.7 Å². The topological polar surface area (TPSA) is 22.0 Å². The zero-order valence-corrected chi connectivity index (χ0v) is 14.4. The molecule has 4 aromatic rings. The highest BCUT2D eigenvalue weighted by atomic mass is 19.1. The van der Waals surface area contributed by atoms with Crippen molar-refractivity contribution in [2.45, 2.75) is 13.3 Å². The lowest BCUT2D eigenvalue weighted by Gasteiger charge is -2.15. The van der Waals surface area contributed by atoms with Crippen molar-refractivity contribution < 1.29 is 4.39 Å². The van der Waals surface area contributed by atoms with Gasteiger partial charge in [-0.2, -0.15) is 0 Å². The lowest BCUT2D eigenvalue weighted by molar-refractivity contribution is 0.628. The van der Waals surface area contributed by atoms with Gasteiger partial charge in [0.05, 0.1) is 5.39 Å². The number of halogens is 1. The van der Waals surface area contributed by atoms with Crippen LogP contribution in [-0.2, 0) is 6.42 Å². The highest BCUT2D eigenvalue weighted by Crippen LogP contribution is 2.28. The monoisotopic (exact) mass is 343 g/mol. The van der Waals surface area contributed by atoms with Crippen molar-refractivity contribution in [3.63, 3.8) is 0 Å². The number of pyridine rings is 1. The number of aryl methyl sites for hydroxylation is 1. The third-order valence-corrected chi connectivity index (χ3v) is 4.64. The number of para-hydroxylation sites is 1. The van der Waals surface area contributed by atoms with Crippen LogP contribution in [0.4, 0.5) is 4.39 Å². The number of hydrogen-bond acceptors (Lipinski definition) is 1. The number of nitrogens with zero attached hydrogens (tertiary/aromatic N) is 1. The molecule has 0 radical (unpaired) electrons. The second-order valence-corrected chi connectivity index (χ2v) is 6.25. The van der Waals surface area contributed by atoms with E-state index in [2.05, 4.69) is 0 Å². The first-order valence-corrected chi connectivity index (χ1v) is 8.68. The smallest absolute Gasteiger partial charge is 0.263 e. The van der Waals surface area contributed by atoms with E-state index in [4.69, 9.17) is 0 Å². The summed E-state index contributed by atoms with van der Waals surface area (Å²) in [4.78, 5) is 13.5. The number of fused-ring (bicyclic) bond motifs is 1. The average molecular weight is 343 g/mol. The van der Waals surface area contributed by atoms with Crippen molar-refractivity contribution in [1.82, 2.24) is 4.57 Å². The maximum absolute atomic E-state index is 13.7. The molecule has 0 fully saturated rings. The summed E-state index contributed by atoms with van der Waals surface area (Å²) in [6.45, 7) is 2.04. The van der Waals surface area contributed by atoms with E-state index < -0.39 is 0 Å².